The summed E-state index contributed by atoms with van der Waals surface area (Å²) in [5.74, 6) is 2.94. The molecule has 1 aromatic carbocycles. The number of H-pyrrole nitrogens is 1. The van der Waals surface area contributed by atoms with Gasteiger partial charge in [0, 0.05) is 18.1 Å². The van der Waals surface area contributed by atoms with Gasteiger partial charge >= 0.3 is 11.3 Å². The normalized spacial score (nSPS) is 10.8. The Morgan fingerprint density at radius 1 is 1.22 bits per heavy atom. The highest BCUT2D eigenvalue weighted by molar-refractivity contribution is 6.83. The van der Waals surface area contributed by atoms with Crippen molar-refractivity contribution >= 4 is 8.07 Å². The van der Waals surface area contributed by atoms with E-state index in [1.165, 1.54) is 0 Å². The highest BCUT2D eigenvalue weighted by Crippen LogP contribution is 1.99. The molecule has 0 atom stereocenters. The van der Waals surface area contributed by atoms with Gasteiger partial charge in [-0.25, -0.2) is 4.79 Å². The standard InChI is InChI=1S/C13H14N2O2Si/c1-18(2,3)10-9-12-13(16)17-14-15(12)11-7-5-4-6-8-11/h4-8H,1-3H3/p+1. The molecular formula is C13H15N2O2Si+. The van der Waals surface area contributed by atoms with Gasteiger partial charge in [-0.1, -0.05) is 37.8 Å². The van der Waals surface area contributed by atoms with E-state index in [9.17, 15) is 4.79 Å². The monoisotopic (exact) mass is 259 g/mol. The Bertz CT molecular complexity index is 654. The van der Waals surface area contributed by atoms with Gasteiger partial charge in [-0.15, -0.1) is 5.54 Å². The van der Waals surface area contributed by atoms with Gasteiger partial charge in [-0.2, -0.15) is 0 Å². The first-order valence-corrected chi connectivity index (χ1v) is 9.19. The van der Waals surface area contributed by atoms with Crippen molar-refractivity contribution in [3.8, 4) is 17.2 Å². The molecule has 0 aliphatic carbocycles. The second-order valence-electron chi connectivity index (χ2n) is 5.00. The average Bonchev–Trinajstić information content (AvgIpc) is 2.68. The minimum Gasteiger partial charge on any atom is -0.281 e. The van der Waals surface area contributed by atoms with Crippen molar-refractivity contribution in [2.75, 3.05) is 0 Å². The summed E-state index contributed by atoms with van der Waals surface area (Å²) >= 11 is 0. The molecule has 92 valence electrons. The smallest absolute Gasteiger partial charge is 0.281 e. The molecule has 1 heterocycles. The summed E-state index contributed by atoms with van der Waals surface area (Å²) in [6.07, 6.45) is 0. The van der Waals surface area contributed by atoms with Crippen LogP contribution in [0.15, 0.2) is 39.6 Å². The van der Waals surface area contributed by atoms with Crippen LogP contribution in [0, 0.1) is 11.5 Å². The third-order valence-electron chi connectivity index (χ3n) is 2.22. The van der Waals surface area contributed by atoms with E-state index < -0.39 is 13.7 Å². The van der Waals surface area contributed by atoms with E-state index in [0.29, 0.717) is 5.69 Å². The lowest BCUT2D eigenvalue weighted by atomic mass is 10.3. The average molecular weight is 259 g/mol. The van der Waals surface area contributed by atoms with Gasteiger partial charge in [0.15, 0.2) is 0 Å². The summed E-state index contributed by atoms with van der Waals surface area (Å²) in [7, 11) is -1.53. The number of hydrogen-bond acceptors (Lipinski definition) is 2. The number of para-hydroxylation sites is 1. The van der Waals surface area contributed by atoms with E-state index in [0.717, 1.165) is 5.69 Å². The first kappa shape index (κ1) is 12.4. The van der Waals surface area contributed by atoms with Gasteiger partial charge in [0.05, 0.1) is 0 Å². The molecule has 0 fully saturated rings. The van der Waals surface area contributed by atoms with Crippen LogP contribution in [-0.4, -0.2) is 13.3 Å². The van der Waals surface area contributed by atoms with Crippen molar-refractivity contribution in [2.45, 2.75) is 19.6 Å². The first-order valence-electron chi connectivity index (χ1n) is 5.69. The minimum absolute atomic E-state index is 0.337. The predicted molar refractivity (Wildman–Crippen MR) is 71.1 cm³/mol. The third kappa shape index (κ3) is 2.79. The van der Waals surface area contributed by atoms with Crippen LogP contribution in [0.5, 0.6) is 0 Å². The summed E-state index contributed by atoms with van der Waals surface area (Å²) in [5, 5.41) is 2.57. The van der Waals surface area contributed by atoms with Crippen molar-refractivity contribution in [1.29, 1.82) is 0 Å². The van der Waals surface area contributed by atoms with Crippen molar-refractivity contribution in [1.82, 2.24) is 5.27 Å². The molecule has 0 aliphatic rings. The second-order valence-corrected chi connectivity index (χ2v) is 9.75. The molecular weight excluding hydrogens is 244 g/mol. The predicted octanol–water partition coefficient (Wildman–Crippen LogP) is 1.47. The maximum absolute atomic E-state index is 11.6. The Morgan fingerprint density at radius 3 is 2.50 bits per heavy atom. The number of rotatable bonds is 1. The molecule has 0 unspecified atom stereocenters. The molecule has 0 bridgehead atoms. The summed E-state index contributed by atoms with van der Waals surface area (Å²) in [6, 6.07) is 9.46. The second kappa shape index (κ2) is 4.67. The van der Waals surface area contributed by atoms with Crippen molar-refractivity contribution in [3.05, 3.63) is 46.4 Å². The fourth-order valence-corrected chi connectivity index (χ4v) is 1.88. The molecule has 0 spiro atoms. The number of aromatic nitrogens is 2. The maximum Gasteiger partial charge on any atom is 0.444 e. The van der Waals surface area contributed by atoms with Crippen molar-refractivity contribution < 1.29 is 9.20 Å². The van der Waals surface area contributed by atoms with Crippen LogP contribution in [0.3, 0.4) is 0 Å². The topological polar surface area (TPSA) is 49.9 Å². The minimum atomic E-state index is -1.53. The van der Waals surface area contributed by atoms with Crippen LogP contribution >= 0.6 is 0 Å². The molecule has 0 saturated carbocycles. The zero-order valence-electron chi connectivity index (χ0n) is 10.7. The number of benzene rings is 1. The van der Waals surface area contributed by atoms with Crippen molar-refractivity contribution in [2.24, 2.45) is 0 Å². The zero-order valence-corrected chi connectivity index (χ0v) is 11.7. The fraction of sp³-hybridized carbons (Fsp3) is 0.231. The van der Waals surface area contributed by atoms with Gasteiger partial charge in [-0.05, 0) is 9.95 Å². The Kier molecular flexibility index (Phi) is 3.21. The lowest BCUT2D eigenvalue weighted by molar-refractivity contribution is -0.672. The summed E-state index contributed by atoms with van der Waals surface area (Å²) in [6.45, 7) is 6.38. The largest absolute Gasteiger partial charge is 0.444 e. The van der Waals surface area contributed by atoms with E-state index in [1.807, 2.05) is 30.3 Å². The van der Waals surface area contributed by atoms with Crippen LogP contribution in [0.1, 0.15) is 5.69 Å². The first-order chi connectivity index (χ1) is 8.47. The van der Waals surface area contributed by atoms with Crippen LogP contribution < -0.4 is 10.3 Å². The van der Waals surface area contributed by atoms with Gasteiger partial charge < -0.3 is 0 Å². The molecule has 0 radical (unpaired) electrons. The Labute approximate surface area is 106 Å². The fourth-order valence-electron chi connectivity index (χ4n) is 1.38. The van der Waals surface area contributed by atoms with Gasteiger partial charge in [0.2, 0.25) is 5.69 Å². The lowest BCUT2D eigenvalue weighted by Gasteiger charge is -2.01. The molecule has 2 rings (SSSR count). The molecule has 18 heavy (non-hydrogen) atoms. The molecule has 1 aromatic heterocycles. The van der Waals surface area contributed by atoms with E-state index in [2.05, 4.69) is 36.4 Å². The van der Waals surface area contributed by atoms with Gasteiger partial charge in [-0.3, -0.25) is 4.52 Å². The van der Waals surface area contributed by atoms with E-state index in [1.54, 1.807) is 4.68 Å². The van der Waals surface area contributed by atoms with Crippen LogP contribution in [0.4, 0.5) is 0 Å². The number of hydrogen-bond donors (Lipinski definition) is 1. The van der Waals surface area contributed by atoms with Gasteiger partial charge in [0.25, 0.3) is 0 Å². The van der Waals surface area contributed by atoms with Crippen LogP contribution in [-0.2, 0) is 0 Å². The summed E-state index contributed by atoms with van der Waals surface area (Å²) in [5.41, 5.74) is 3.88. The highest BCUT2D eigenvalue weighted by atomic mass is 28.3. The Morgan fingerprint density at radius 2 is 1.89 bits per heavy atom. The number of aromatic amines is 1. The van der Waals surface area contributed by atoms with E-state index >= 15 is 0 Å². The van der Waals surface area contributed by atoms with Crippen LogP contribution in [0.2, 0.25) is 19.6 Å². The van der Waals surface area contributed by atoms with E-state index in [-0.39, 0.29) is 0 Å². The maximum atomic E-state index is 11.6. The lowest BCUT2D eigenvalue weighted by Crippen LogP contribution is -2.37. The molecule has 5 heteroatoms. The summed E-state index contributed by atoms with van der Waals surface area (Å²) in [4.78, 5) is 11.6. The highest BCUT2D eigenvalue weighted by Gasteiger charge is 2.21. The molecule has 1 N–H and O–H groups in total. The quantitative estimate of drug-likeness (QED) is 0.479. The third-order valence-corrected chi connectivity index (χ3v) is 3.09. The molecule has 0 saturated heterocycles. The zero-order chi connectivity index (χ0) is 13.2. The molecule has 4 nitrogen and oxygen atoms in total. The van der Waals surface area contributed by atoms with Gasteiger partial charge in [0.1, 0.15) is 8.07 Å². The van der Waals surface area contributed by atoms with E-state index in [4.69, 9.17) is 4.52 Å². The van der Waals surface area contributed by atoms with Crippen LogP contribution in [0.25, 0.3) is 5.69 Å². The Hall–Kier alpha value is -2.06. The molecule has 2 aromatic rings. The molecule has 0 aliphatic heterocycles. The Balaban J connectivity index is 2.52. The summed E-state index contributed by atoms with van der Waals surface area (Å²) < 4.78 is 6.38. The van der Waals surface area contributed by atoms with Crippen molar-refractivity contribution in [3.63, 3.8) is 0 Å². The number of nitrogens with zero attached hydrogens (tertiary/aromatic N) is 1. The SMILES string of the molecule is C[Si](C)(C)C#Cc1c(=O)o[nH][n+]1-c1ccccc1. The molecule has 0 amide bonds. The number of nitrogens with one attached hydrogen (secondary N) is 1.